The average Bonchev–Trinajstić information content (AvgIpc) is 2.04. The number of hydrogen-bond donors (Lipinski definition) is 0. The number of aromatic nitrogens is 1. The molecule has 0 aliphatic rings. The second kappa shape index (κ2) is 3.34. The molecule has 0 aliphatic heterocycles. The molecule has 0 amide bonds. The smallest absolute Gasteiger partial charge is 0.155 e. The molecule has 11 heavy (non-hydrogen) atoms. The summed E-state index contributed by atoms with van der Waals surface area (Å²) >= 11 is 5.66. The van der Waals surface area contributed by atoms with Gasteiger partial charge in [-0.3, -0.25) is 9.78 Å². The highest BCUT2D eigenvalue weighted by molar-refractivity contribution is 6.32. The zero-order valence-corrected chi connectivity index (χ0v) is 6.63. The third-order valence-electron chi connectivity index (χ3n) is 1.21. The van der Waals surface area contributed by atoms with Crippen LogP contribution >= 0.6 is 11.6 Å². The fraction of sp³-hybridized carbons (Fsp3) is 0.143. The number of carbonyl (C=O) groups is 1. The average molecular weight is 172 g/mol. The molecule has 1 rings (SSSR count). The molecule has 0 spiro atoms. The summed E-state index contributed by atoms with van der Waals surface area (Å²) in [5.41, 5.74) is 0.361. The Morgan fingerprint density at radius 2 is 2.36 bits per heavy atom. The van der Waals surface area contributed by atoms with E-state index in [9.17, 15) is 4.79 Å². The van der Waals surface area contributed by atoms with Crippen molar-refractivity contribution in [2.75, 3.05) is 7.11 Å². The number of carbonyl (C=O) groups excluding carboxylic acids is 1. The molecule has 3 nitrogen and oxygen atoms in total. The predicted octanol–water partition coefficient (Wildman–Crippen LogP) is 1.56. The van der Waals surface area contributed by atoms with Gasteiger partial charge in [-0.15, -0.1) is 0 Å². The molecule has 0 saturated heterocycles. The first-order valence-electron chi connectivity index (χ1n) is 2.92. The van der Waals surface area contributed by atoms with Crippen LogP contribution < -0.4 is 4.74 Å². The molecule has 1 aromatic rings. The first-order valence-corrected chi connectivity index (χ1v) is 3.30. The van der Waals surface area contributed by atoms with E-state index in [1.165, 1.54) is 19.5 Å². The van der Waals surface area contributed by atoms with Crippen LogP contribution in [0.5, 0.6) is 5.75 Å². The summed E-state index contributed by atoms with van der Waals surface area (Å²) in [5.74, 6) is 0.372. The highest BCUT2D eigenvalue weighted by Gasteiger charge is 2.05. The van der Waals surface area contributed by atoms with Gasteiger partial charge in [0.05, 0.1) is 12.7 Å². The van der Waals surface area contributed by atoms with Crippen molar-refractivity contribution in [2.45, 2.75) is 0 Å². The summed E-state index contributed by atoms with van der Waals surface area (Å²) in [6, 6.07) is 0. The number of hydrogen-bond acceptors (Lipinski definition) is 3. The van der Waals surface area contributed by atoms with Gasteiger partial charge in [-0.1, -0.05) is 11.6 Å². The maximum Gasteiger partial charge on any atom is 0.155 e. The van der Waals surface area contributed by atoms with E-state index >= 15 is 0 Å². The summed E-state index contributed by atoms with van der Waals surface area (Å²) in [6.45, 7) is 0. The lowest BCUT2D eigenvalue weighted by atomic mass is 10.3. The minimum Gasteiger partial charge on any atom is -0.494 e. The van der Waals surface area contributed by atoms with Gasteiger partial charge in [-0.05, 0) is 0 Å². The minimum absolute atomic E-state index is 0.345. The van der Waals surface area contributed by atoms with Crippen LogP contribution in [0, 0.1) is 0 Å². The van der Waals surface area contributed by atoms with Crippen molar-refractivity contribution < 1.29 is 9.53 Å². The number of rotatable bonds is 2. The van der Waals surface area contributed by atoms with Gasteiger partial charge in [0.25, 0.3) is 0 Å². The lowest BCUT2D eigenvalue weighted by Gasteiger charge is -2.02. The van der Waals surface area contributed by atoms with Gasteiger partial charge in [0.2, 0.25) is 0 Å². The van der Waals surface area contributed by atoms with Crippen molar-refractivity contribution in [1.82, 2.24) is 4.98 Å². The molecule has 0 radical (unpaired) electrons. The van der Waals surface area contributed by atoms with Gasteiger partial charge in [-0.2, -0.15) is 0 Å². The Morgan fingerprint density at radius 3 is 2.82 bits per heavy atom. The topological polar surface area (TPSA) is 39.2 Å². The van der Waals surface area contributed by atoms with Crippen molar-refractivity contribution in [3.8, 4) is 5.75 Å². The molecule has 0 atom stereocenters. The van der Waals surface area contributed by atoms with Gasteiger partial charge in [0.1, 0.15) is 5.02 Å². The van der Waals surface area contributed by atoms with E-state index in [1.807, 2.05) is 0 Å². The Kier molecular flexibility index (Phi) is 2.44. The summed E-state index contributed by atoms with van der Waals surface area (Å²) < 4.78 is 4.86. The van der Waals surface area contributed by atoms with Gasteiger partial charge in [-0.25, -0.2) is 0 Å². The van der Waals surface area contributed by atoms with Crippen LogP contribution in [0.4, 0.5) is 0 Å². The first-order chi connectivity index (χ1) is 5.29. The number of methoxy groups -OCH3 is 1. The molecule has 4 heteroatoms. The lowest BCUT2D eigenvalue weighted by Crippen LogP contribution is -1.92. The van der Waals surface area contributed by atoms with Crippen LogP contribution in [0.2, 0.25) is 5.02 Å². The number of pyridine rings is 1. The molecule has 0 aromatic carbocycles. The van der Waals surface area contributed by atoms with Crippen LogP contribution in [0.3, 0.4) is 0 Å². The molecule has 58 valence electrons. The maximum atomic E-state index is 10.4. The molecule has 0 saturated carbocycles. The van der Waals surface area contributed by atoms with E-state index in [1.54, 1.807) is 0 Å². The number of nitrogens with zero attached hydrogens (tertiary/aromatic N) is 1. The largest absolute Gasteiger partial charge is 0.494 e. The second-order valence-corrected chi connectivity index (χ2v) is 2.27. The minimum atomic E-state index is 0.345. The van der Waals surface area contributed by atoms with Crippen LogP contribution in [0.1, 0.15) is 10.4 Å². The monoisotopic (exact) mass is 171 g/mol. The highest BCUT2D eigenvalue weighted by atomic mass is 35.5. The molecule has 0 aliphatic carbocycles. The van der Waals surface area contributed by atoms with Crippen molar-refractivity contribution in [3.63, 3.8) is 0 Å². The van der Waals surface area contributed by atoms with Crippen LogP contribution in [0.15, 0.2) is 12.4 Å². The summed E-state index contributed by atoms with van der Waals surface area (Å²) in [7, 11) is 1.45. The van der Waals surface area contributed by atoms with Crippen LogP contribution in [0.25, 0.3) is 0 Å². The summed E-state index contributed by atoms with van der Waals surface area (Å²) in [4.78, 5) is 14.1. The van der Waals surface area contributed by atoms with E-state index in [-0.39, 0.29) is 0 Å². The van der Waals surface area contributed by atoms with Gasteiger partial charge in [0.15, 0.2) is 12.0 Å². The molecule has 0 unspecified atom stereocenters. The second-order valence-electron chi connectivity index (χ2n) is 1.86. The summed E-state index contributed by atoms with van der Waals surface area (Å²) in [6.07, 6.45) is 3.48. The van der Waals surface area contributed by atoms with Crippen LogP contribution in [-0.2, 0) is 0 Å². The van der Waals surface area contributed by atoms with E-state index < -0.39 is 0 Å². The molecule has 0 bridgehead atoms. The van der Waals surface area contributed by atoms with E-state index in [2.05, 4.69) is 4.98 Å². The molecule has 0 fully saturated rings. The first kappa shape index (κ1) is 8.01. The third-order valence-corrected chi connectivity index (χ3v) is 1.48. The molecule has 1 aromatic heterocycles. The normalized spacial score (nSPS) is 9.27. The van der Waals surface area contributed by atoms with Crippen molar-refractivity contribution >= 4 is 17.9 Å². The molecular formula is C7H6ClNO2. The van der Waals surface area contributed by atoms with Gasteiger partial charge >= 0.3 is 0 Å². The van der Waals surface area contributed by atoms with Crippen molar-refractivity contribution in [1.29, 1.82) is 0 Å². The zero-order chi connectivity index (χ0) is 8.27. The molecule has 1 heterocycles. The third kappa shape index (κ3) is 1.49. The van der Waals surface area contributed by atoms with E-state index in [4.69, 9.17) is 16.3 Å². The fourth-order valence-electron chi connectivity index (χ4n) is 0.737. The standard InChI is InChI=1S/C7H6ClNO2/c1-11-7-5(4-10)2-9-3-6(7)8/h2-4H,1H3. The Hall–Kier alpha value is -1.09. The Bertz CT molecular complexity index is 275. The quantitative estimate of drug-likeness (QED) is 0.634. The molecular weight excluding hydrogens is 166 g/mol. The Balaban J connectivity index is 3.23. The SMILES string of the molecule is COc1c(Cl)cncc1C=O. The van der Waals surface area contributed by atoms with Gasteiger partial charge in [0, 0.05) is 12.4 Å². The Labute approximate surface area is 69.0 Å². The van der Waals surface area contributed by atoms with E-state index in [0.717, 1.165) is 0 Å². The van der Waals surface area contributed by atoms with Crippen molar-refractivity contribution in [2.24, 2.45) is 0 Å². The summed E-state index contributed by atoms with van der Waals surface area (Å²) in [5, 5.41) is 0.345. The van der Waals surface area contributed by atoms with E-state index in [0.29, 0.717) is 22.6 Å². The number of ether oxygens (including phenoxy) is 1. The van der Waals surface area contributed by atoms with Gasteiger partial charge < -0.3 is 4.74 Å². The maximum absolute atomic E-state index is 10.4. The van der Waals surface area contributed by atoms with Crippen LogP contribution in [-0.4, -0.2) is 18.4 Å². The van der Waals surface area contributed by atoms with Crippen molar-refractivity contribution in [3.05, 3.63) is 23.0 Å². The Morgan fingerprint density at radius 1 is 1.64 bits per heavy atom. The lowest BCUT2D eigenvalue weighted by molar-refractivity contribution is 0.112. The number of halogens is 1. The molecule has 0 N–H and O–H groups in total. The number of aldehydes is 1. The predicted molar refractivity (Wildman–Crippen MR) is 41.2 cm³/mol. The fourth-order valence-corrected chi connectivity index (χ4v) is 0.980. The zero-order valence-electron chi connectivity index (χ0n) is 5.87. The highest BCUT2D eigenvalue weighted by Crippen LogP contribution is 2.25.